The number of benzene rings is 1. The standard InChI is InChI=1S/C20H29BrFN5/c1-6-23-20(24-10-9-16-7-8-19(22)18(21)12-16)25-13(2)11-17-14(3)26-27(5)15(17)4/h7-8,12-13H,6,9-11H2,1-5H3,(H2,23,24,25). The van der Waals surface area contributed by atoms with Crippen molar-refractivity contribution in [1.82, 2.24) is 20.4 Å². The highest BCUT2D eigenvalue weighted by Gasteiger charge is 2.14. The minimum atomic E-state index is -0.243. The van der Waals surface area contributed by atoms with Crippen LogP contribution in [0.4, 0.5) is 4.39 Å². The van der Waals surface area contributed by atoms with Crippen molar-refractivity contribution in [2.45, 2.75) is 46.6 Å². The van der Waals surface area contributed by atoms with Crippen molar-refractivity contribution in [2.75, 3.05) is 13.1 Å². The summed E-state index contributed by atoms with van der Waals surface area (Å²) in [6.07, 6.45) is 1.64. The monoisotopic (exact) mass is 437 g/mol. The van der Waals surface area contributed by atoms with Gasteiger partial charge >= 0.3 is 0 Å². The van der Waals surface area contributed by atoms with Crippen LogP contribution in [0.5, 0.6) is 0 Å². The zero-order valence-electron chi connectivity index (χ0n) is 16.7. The van der Waals surface area contributed by atoms with Crippen molar-refractivity contribution in [2.24, 2.45) is 12.0 Å². The number of nitrogens with one attached hydrogen (secondary N) is 2. The zero-order chi connectivity index (χ0) is 20.0. The van der Waals surface area contributed by atoms with E-state index in [2.05, 4.69) is 57.4 Å². The van der Waals surface area contributed by atoms with E-state index in [0.717, 1.165) is 36.6 Å². The maximum Gasteiger partial charge on any atom is 0.191 e. The molecule has 0 saturated heterocycles. The molecule has 27 heavy (non-hydrogen) atoms. The quantitative estimate of drug-likeness (QED) is 0.513. The van der Waals surface area contributed by atoms with E-state index in [1.54, 1.807) is 6.07 Å². The van der Waals surface area contributed by atoms with Gasteiger partial charge in [0.25, 0.3) is 0 Å². The molecule has 1 unspecified atom stereocenters. The summed E-state index contributed by atoms with van der Waals surface area (Å²) in [7, 11) is 1.98. The van der Waals surface area contributed by atoms with Crippen LogP contribution >= 0.6 is 15.9 Å². The van der Waals surface area contributed by atoms with E-state index in [4.69, 9.17) is 0 Å². The first-order chi connectivity index (χ1) is 12.8. The van der Waals surface area contributed by atoms with Crippen LogP contribution in [0.2, 0.25) is 0 Å². The smallest absolute Gasteiger partial charge is 0.191 e. The molecule has 5 nitrogen and oxygen atoms in total. The minimum Gasteiger partial charge on any atom is -0.357 e. The van der Waals surface area contributed by atoms with Crippen molar-refractivity contribution < 1.29 is 4.39 Å². The lowest BCUT2D eigenvalue weighted by molar-refractivity contribution is 0.620. The molecule has 2 rings (SSSR count). The lowest BCUT2D eigenvalue weighted by Gasteiger charge is -2.18. The van der Waals surface area contributed by atoms with Crippen molar-refractivity contribution in [1.29, 1.82) is 0 Å². The first kappa shape index (κ1) is 21.4. The maximum atomic E-state index is 13.3. The molecule has 0 spiro atoms. The van der Waals surface area contributed by atoms with E-state index in [-0.39, 0.29) is 11.9 Å². The number of rotatable bonds is 7. The van der Waals surface area contributed by atoms with E-state index in [1.807, 2.05) is 24.7 Å². The average Bonchev–Trinajstić information content (AvgIpc) is 2.84. The average molecular weight is 438 g/mol. The number of halogens is 2. The number of nitrogens with zero attached hydrogens (tertiary/aromatic N) is 3. The number of aliphatic imine (C=N–C) groups is 1. The van der Waals surface area contributed by atoms with Gasteiger partial charge in [0, 0.05) is 31.9 Å². The van der Waals surface area contributed by atoms with Crippen LogP contribution in [0.15, 0.2) is 27.7 Å². The molecule has 2 aromatic rings. The van der Waals surface area contributed by atoms with Crippen LogP contribution in [0.1, 0.15) is 36.4 Å². The van der Waals surface area contributed by atoms with Gasteiger partial charge < -0.3 is 10.6 Å². The highest BCUT2D eigenvalue weighted by Crippen LogP contribution is 2.17. The van der Waals surface area contributed by atoms with Gasteiger partial charge in [-0.25, -0.2) is 4.39 Å². The first-order valence-electron chi connectivity index (χ1n) is 9.29. The molecule has 0 radical (unpaired) electrons. The first-order valence-corrected chi connectivity index (χ1v) is 10.1. The number of guanidine groups is 1. The summed E-state index contributed by atoms with van der Waals surface area (Å²) < 4.78 is 15.7. The van der Waals surface area contributed by atoms with Gasteiger partial charge in [-0.2, -0.15) is 5.10 Å². The van der Waals surface area contributed by atoms with E-state index < -0.39 is 0 Å². The summed E-state index contributed by atoms with van der Waals surface area (Å²) in [4.78, 5) is 4.66. The van der Waals surface area contributed by atoms with Gasteiger partial charge in [0.1, 0.15) is 5.82 Å². The molecule has 0 saturated carbocycles. The lowest BCUT2D eigenvalue weighted by atomic mass is 10.1. The van der Waals surface area contributed by atoms with Crippen molar-refractivity contribution >= 4 is 21.9 Å². The molecule has 0 fully saturated rings. The summed E-state index contributed by atoms with van der Waals surface area (Å²) in [5.41, 5.74) is 4.61. The summed E-state index contributed by atoms with van der Waals surface area (Å²) in [5, 5.41) is 11.2. The van der Waals surface area contributed by atoms with E-state index >= 15 is 0 Å². The molecular formula is C20H29BrFN5. The number of aromatic nitrogens is 2. The Kier molecular flexibility index (Phi) is 7.83. The summed E-state index contributed by atoms with van der Waals surface area (Å²) in [6.45, 7) is 9.78. The molecule has 7 heteroatoms. The Morgan fingerprint density at radius 2 is 2.11 bits per heavy atom. The number of aryl methyl sites for hydroxylation is 2. The number of hydrogen-bond acceptors (Lipinski definition) is 2. The normalized spacial score (nSPS) is 12.9. The van der Waals surface area contributed by atoms with Crippen LogP contribution in [0, 0.1) is 19.7 Å². The Morgan fingerprint density at radius 1 is 1.37 bits per heavy atom. The van der Waals surface area contributed by atoms with Gasteiger partial charge in [-0.05, 0) is 79.7 Å². The molecule has 0 bridgehead atoms. The van der Waals surface area contributed by atoms with E-state index in [0.29, 0.717) is 11.0 Å². The molecule has 0 aliphatic carbocycles. The van der Waals surface area contributed by atoms with Gasteiger partial charge in [-0.1, -0.05) is 6.07 Å². The Labute approximate surface area is 169 Å². The van der Waals surface area contributed by atoms with Gasteiger partial charge in [-0.15, -0.1) is 0 Å². The molecule has 148 valence electrons. The minimum absolute atomic E-state index is 0.226. The van der Waals surface area contributed by atoms with Crippen LogP contribution in [0.3, 0.4) is 0 Å². The fourth-order valence-corrected chi connectivity index (χ4v) is 3.44. The Balaban J connectivity index is 1.96. The molecule has 0 amide bonds. The van der Waals surface area contributed by atoms with Crippen molar-refractivity contribution in [3.63, 3.8) is 0 Å². The molecule has 1 aromatic heterocycles. The second-order valence-electron chi connectivity index (χ2n) is 6.78. The third-order valence-corrected chi connectivity index (χ3v) is 5.16. The topological polar surface area (TPSA) is 54.2 Å². The summed E-state index contributed by atoms with van der Waals surface area (Å²) in [6, 6.07) is 5.31. The summed E-state index contributed by atoms with van der Waals surface area (Å²) in [5.74, 6) is 0.553. The van der Waals surface area contributed by atoms with E-state index in [1.165, 1.54) is 17.3 Å². The van der Waals surface area contributed by atoms with Crippen LogP contribution in [0.25, 0.3) is 0 Å². The second kappa shape index (κ2) is 9.88. The molecule has 0 aliphatic heterocycles. The number of hydrogen-bond donors (Lipinski definition) is 2. The Hall–Kier alpha value is -1.89. The molecular weight excluding hydrogens is 409 g/mol. The molecule has 2 N–H and O–H groups in total. The highest BCUT2D eigenvalue weighted by atomic mass is 79.9. The fraction of sp³-hybridized carbons (Fsp3) is 0.500. The predicted octanol–water partition coefficient (Wildman–Crippen LogP) is 3.67. The van der Waals surface area contributed by atoms with Gasteiger partial charge in [0.15, 0.2) is 5.96 Å². The van der Waals surface area contributed by atoms with Crippen LogP contribution in [-0.2, 0) is 19.9 Å². The Bertz CT molecular complexity index is 800. The fourth-order valence-electron chi connectivity index (χ4n) is 3.02. The van der Waals surface area contributed by atoms with Crippen LogP contribution in [-0.4, -0.2) is 34.9 Å². The maximum absolute atomic E-state index is 13.3. The summed E-state index contributed by atoms with van der Waals surface area (Å²) >= 11 is 3.23. The third kappa shape index (κ3) is 6.06. The largest absolute Gasteiger partial charge is 0.357 e. The SMILES string of the molecule is CCNC(=NCCc1ccc(F)c(Br)c1)NC(C)Cc1c(C)nn(C)c1C. The highest BCUT2D eigenvalue weighted by molar-refractivity contribution is 9.10. The van der Waals surface area contributed by atoms with Gasteiger partial charge in [0.05, 0.1) is 10.2 Å². The zero-order valence-corrected chi connectivity index (χ0v) is 18.3. The van der Waals surface area contributed by atoms with Crippen molar-refractivity contribution in [3.8, 4) is 0 Å². The predicted molar refractivity (Wildman–Crippen MR) is 113 cm³/mol. The molecule has 0 aliphatic rings. The lowest BCUT2D eigenvalue weighted by Crippen LogP contribution is -2.43. The van der Waals surface area contributed by atoms with Crippen LogP contribution < -0.4 is 10.6 Å². The van der Waals surface area contributed by atoms with E-state index in [9.17, 15) is 4.39 Å². The van der Waals surface area contributed by atoms with Gasteiger partial charge in [0.2, 0.25) is 0 Å². The second-order valence-corrected chi connectivity index (χ2v) is 7.64. The Morgan fingerprint density at radius 3 is 2.70 bits per heavy atom. The molecule has 1 aromatic carbocycles. The van der Waals surface area contributed by atoms with Crippen molar-refractivity contribution in [3.05, 3.63) is 51.0 Å². The molecule has 1 heterocycles. The van der Waals surface area contributed by atoms with Gasteiger partial charge in [-0.3, -0.25) is 9.67 Å². The third-order valence-electron chi connectivity index (χ3n) is 4.55. The molecule has 1 atom stereocenters.